The summed E-state index contributed by atoms with van der Waals surface area (Å²) in [7, 11) is 0. The number of hydrogen-bond donors (Lipinski definition) is 0. The van der Waals surface area contributed by atoms with Crippen LogP contribution in [0.15, 0.2) is 12.2 Å². The molecular formula is C12H12F6O2. The lowest BCUT2D eigenvalue weighted by Crippen LogP contribution is -2.47. The smallest absolute Gasteiger partial charge is 0.401 e. The third-order valence-corrected chi connectivity index (χ3v) is 3.90. The van der Waals surface area contributed by atoms with Crippen LogP contribution in [0, 0.1) is 17.3 Å². The number of fused-ring (bicyclic) bond motifs is 2. The molecule has 114 valence electrons. The number of allylic oxidation sites excluding steroid dienone is 1. The van der Waals surface area contributed by atoms with Crippen LogP contribution in [0.3, 0.4) is 0 Å². The van der Waals surface area contributed by atoms with E-state index in [0.717, 1.165) is 13.0 Å². The number of carbonyl (C=O) groups is 1. The summed E-state index contributed by atoms with van der Waals surface area (Å²) in [6, 6.07) is 0. The number of halogens is 6. The van der Waals surface area contributed by atoms with E-state index in [1.807, 2.05) is 0 Å². The molecule has 2 rings (SSSR count). The predicted octanol–water partition coefficient (Wildman–Crippen LogP) is 3.63. The first-order valence-corrected chi connectivity index (χ1v) is 5.96. The molecule has 8 heteroatoms. The molecule has 0 aliphatic heterocycles. The molecule has 2 aliphatic carbocycles. The maximum atomic E-state index is 12.8. The zero-order chi connectivity index (χ0) is 15.3. The van der Waals surface area contributed by atoms with E-state index in [9.17, 15) is 31.1 Å². The van der Waals surface area contributed by atoms with Gasteiger partial charge < -0.3 is 4.74 Å². The van der Waals surface area contributed by atoms with Crippen LogP contribution >= 0.6 is 0 Å². The summed E-state index contributed by atoms with van der Waals surface area (Å²) in [5.74, 6) is -4.71. The van der Waals surface area contributed by atoms with Crippen molar-refractivity contribution >= 4 is 5.97 Å². The Morgan fingerprint density at radius 1 is 1.20 bits per heavy atom. The molecule has 1 saturated carbocycles. The van der Waals surface area contributed by atoms with Gasteiger partial charge in [0.2, 0.25) is 0 Å². The summed E-state index contributed by atoms with van der Waals surface area (Å²) in [6.07, 6.45) is -10.1. The lowest BCUT2D eigenvalue weighted by Gasteiger charge is -2.36. The van der Waals surface area contributed by atoms with Gasteiger partial charge in [-0.3, -0.25) is 4.79 Å². The van der Waals surface area contributed by atoms with E-state index in [0.29, 0.717) is 0 Å². The van der Waals surface area contributed by atoms with Gasteiger partial charge >= 0.3 is 18.3 Å². The van der Waals surface area contributed by atoms with Crippen LogP contribution in [0.25, 0.3) is 0 Å². The minimum Gasteiger partial charge on any atom is -0.462 e. The van der Waals surface area contributed by atoms with Crippen LogP contribution in [-0.4, -0.2) is 24.4 Å². The van der Waals surface area contributed by atoms with Crippen LogP contribution in [-0.2, 0) is 9.53 Å². The summed E-state index contributed by atoms with van der Waals surface area (Å²) in [6.45, 7) is 1.08. The summed E-state index contributed by atoms with van der Waals surface area (Å²) in [5, 5.41) is 0. The molecule has 0 aromatic carbocycles. The average Bonchev–Trinajstić information content (AvgIpc) is 2.68. The van der Waals surface area contributed by atoms with Gasteiger partial charge in [-0.1, -0.05) is 12.2 Å². The fraction of sp³-hybridized carbons (Fsp3) is 0.750. The molecule has 2 nitrogen and oxygen atoms in total. The highest BCUT2D eigenvalue weighted by Gasteiger charge is 2.69. The molecule has 0 radical (unpaired) electrons. The molecule has 2 aliphatic rings. The molecule has 0 heterocycles. The molecule has 2 bridgehead atoms. The van der Waals surface area contributed by atoms with Crippen molar-refractivity contribution in [2.45, 2.75) is 38.2 Å². The summed E-state index contributed by atoms with van der Waals surface area (Å²) in [5.41, 5.74) is -2.05. The SMILES string of the molecule is CC(=O)OC1CC2(C(C(F)(F)F)C(F)(F)F)C=CC1C2. The monoisotopic (exact) mass is 302 g/mol. The molecule has 0 saturated heterocycles. The first kappa shape index (κ1) is 15.2. The second-order valence-electron chi connectivity index (χ2n) is 5.33. The summed E-state index contributed by atoms with van der Waals surface area (Å²) in [4.78, 5) is 10.9. The third-order valence-electron chi connectivity index (χ3n) is 3.90. The van der Waals surface area contributed by atoms with Gasteiger partial charge in [0.1, 0.15) is 6.10 Å². The lowest BCUT2D eigenvalue weighted by atomic mass is 9.73. The predicted molar refractivity (Wildman–Crippen MR) is 55.5 cm³/mol. The molecule has 0 amide bonds. The topological polar surface area (TPSA) is 26.3 Å². The number of alkyl halides is 6. The lowest BCUT2D eigenvalue weighted by molar-refractivity contribution is -0.309. The number of esters is 1. The maximum absolute atomic E-state index is 12.8. The van der Waals surface area contributed by atoms with Crippen molar-refractivity contribution in [2.75, 3.05) is 0 Å². The maximum Gasteiger partial charge on any atom is 0.401 e. The highest BCUT2D eigenvalue weighted by atomic mass is 19.4. The van der Waals surface area contributed by atoms with E-state index in [4.69, 9.17) is 4.74 Å². The van der Waals surface area contributed by atoms with Crippen LogP contribution in [0.4, 0.5) is 26.3 Å². The second kappa shape index (κ2) is 4.39. The van der Waals surface area contributed by atoms with Gasteiger partial charge in [-0.2, -0.15) is 26.3 Å². The minimum atomic E-state index is -5.39. The van der Waals surface area contributed by atoms with Crippen LogP contribution in [0.1, 0.15) is 19.8 Å². The quantitative estimate of drug-likeness (QED) is 0.442. The first-order chi connectivity index (χ1) is 8.96. The summed E-state index contributed by atoms with van der Waals surface area (Å²) >= 11 is 0. The van der Waals surface area contributed by atoms with Crippen molar-refractivity contribution in [1.82, 2.24) is 0 Å². The standard InChI is InChI=1S/C12H12F6O2/c1-6(19)20-8-5-10(3-2-7(8)4-10)9(11(13,14)15)12(16,17)18/h2-3,7-9H,4-5H2,1H3. The van der Waals surface area contributed by atoms with Crippen LogP contribution < -0.4 is 0 Å². The molecule has 3 unspecified atom stereocenters. The Morgan fingerprint density at radius 3 is 2.20 bits per heavy atom. The van der Waals surface area contributed by atoms with Gasteiger partial charge in [0.05, 0.1) is 0 Å². The fourth-order valence-corrected chi connectivity index (χ4v) is 3.33. The number of rotatable bonds is 2. The Bertz CT molecular complexity index is 424. The van der Waals surface area contributed by atoms with Crippen molar-refractivity contribution in [2.24, 2.45) is 17.3 Å². The Hall–Kier alpha value is -1.21. The van der Waals surface area contributed by atoms with Crippen molar-refractivity contribution in [3.05, 3.63) is 12.2 Å². The van der Waals surface area contributed by atoms with Gasteiger partial charge in [-0.15, -0.1) is 0 Å². The Balaban J connectivity index is 2.32. The normalized spacial score (nSPS) is 33.0. The first-order valence-electron chi connectivity index (χ1n) is 5.96. The molecule has 0 spiro atoms. The van der Waals surface area contributed by atoms with Crippen molar-refractivity contribution in [3.63, 3.8) is 0 Å². The van der Waals surface area contributed by atoms with Gasteiger partial charge in [-0.25, -0.2) is 0 Å². The Kier molecular flexibility index (Phi) is 3.33. The van der Waals surface area contributed by atoms with Gasteiger partial charge in [0.15, 0.2) is 5.92 Å². The second-order valence-corrected chi connectivity index (χ2v) is 5.33. The molecule has 1 fully saturated rings. The average molecular weight is 302 g/mol. The molecule has 20 heavy (non-hydrogen) atoms. The van der Waals surface area contributed by atoms with E-state index in [1.165, 1.54) is 6.08 Å². The van der Waals surface area contributed by atoms with Gasteiger partial charge in [0, 0.05) is 18.3 Å². The zero-order valence-electron chi connectivity index (χ0n) is 10.4. The van der Waals surface area contributed by atoms with Gasteiger partial charge in [-0.05, 0) is 12.8 Å². The summed E-state index contributed by atoms with van der Waals surface area (Å²) < 4.78 is 81.9. The molecule has 0 aromatic rings. The molecule has 3 atom stereocenters. The largest absolute Gasteiger partial charge is 0.462 e. The highest BCUT2D eigenvalue weighted by Crippen LogP contribution is 2.62. The van der Waals surface area contributed by atoms with E-state index in [1.54, 1.807) is 0 Å². The van der Waals surface area contributed by atoms with E-state index >= 15 is 0 Å². The van der Waals surface area contributed by atoms with E-state index < -0.39 is 48.1 Å². The molecule has 0 N–H and O–H groups in total. The van der Waals surface area contributed by atoms with E-state index in [2.05, 4.69) is 0 Å². The zero-order valence-corrected chi connectivity index (χ0v) is 10.4. The van der Waals surface area contributed by atoms with Gasteiger partial charge in [0.25, 0.3) is 0 Å². The minimum absolute atomic E-state index is 0.297. The number of carbonyl (C=O) groups excluding carboxylic acids is 1. The van der Waals surface area contributed by atoms with Crippen molar-refractivity contribution in [1.29, 1.82) is 0 Å². The van der Waals surface area contributed by atoms with Crippen molar-refractivity contribution in [3.8, 4) is 0 Å². The third kappa shape index (κ3) is 2.52. The Morgan fingerprint density at radius 2 is 1.75 bits per heavy atom. The van der Waals surface area contributed by atoms with Crippen LogP contribution in [0.2, 0.25) is 0 Å². The number of ether oxygens (including phenoxy) is 1. The molecular weight excluding hydrogens is 290 g/mol. The van der Waals surface area contributed by atoms with Crippen molar-refractivity contribution < 1.29 is 35.9 Å². The highest BCUT2D eigenvalue weighted by molar-refractivity contribution is 5.66. The number of hydrogen-bond acceptors (Lipinski definition) is 2. The van der Waals surface area contributed by atoms with Crippen LogP contribution in [0.5, 0.6) is 0 Å². The molecule has 0 aromatic heterocycles. The fourth-order valence-electron chi connectivity index (χ4n) is 3.33. The van der Waals surface area contributed by atoms with E-state index in [-0.39, 0.29) is 6.42 Å². The Labute approximate surface area is 110 Å².